The Kier molecular flexibility index (Phi) is 2.59. The lowest BCUT2D eigenvalue weighted by Gasteiger charge is -2.26. The first-order valence-corrected chi connectivity index (χ1v) is 6.31. The molecule has 1 unspecified atom stereocenters. The van der Waals surface area contributed by atoms with Gasteiger partial charge >= 0.3 is 0 Å². The quantitative estimate of drug-likeness (QED) is 0.788. The second kappa shape index (κ2) is 4.09. The molecule has 1 aromatic rings. The molecular weight excluding hydrogens is 202 g/mol. The van der Waals surface area contributed by atoms with Crippen LogP contribution in [0.2, 0.25) is 0 Å². The topological polar surface area (TPSA) is 50.1 Å². The highest BCUT2D eigenvalue weighted by molar-refractivity contribution is 5.37. The number of aromatic nitrogens is 2. The van der Waals surface area contributed by atoms with Crippen LogP contribution in [0.25, 0.3) is 0 Å². The van der Waals surface area contributed by atoms with Gasteiger partial charge in [0.25, 0.3) is 0 Å². The summed E-state index contributed by atoms with van der Waals surface area (Å²) in [6, 6.07) is 0. The van der Waals surface area contributed by atoms with Gasteiger partial charge in [-0.2, -0.15) is 0 Å². The zero-order valence-corrected chi connectivity index (χ0v) is 9.58. The molecule has 0 spiro atoms. The first-order valence-electron chi connectivity index (χ1n) is 6.31. The average Bonchev–Trinajstić information content (AvgIpc) is 2.68. The highest BCUT2D eigenvalue weighted by Crippen LogP contribution is 2.28. The maximum Gasteiger partial charge on any atom is 0.203 e. The molecule has 1 aliphatic carbocycles. The minimum absolute atomic E-state index is 0.290. The molecule has 1 atom stereocenters. The first-order chi connectivity index (χ1) is 7.88. The van der Waals surface area contributed by atoms with Crippen LogP contribution in [-0.4, -0.2) is 27.8 Å². The molecule has 2 heterocycles. The van der Waals surface area contributed by atoms with Gasteiger partial charge in [-0.1, -0.05) is 0 Å². The van der Waals surface area contributed by atoms with E-state index >= 15 is 0 Å². The summed E-state index contributed by atoms with van der Waals surface area (Å²) >= 11 is 0. The highest BCUT2D eigenvalue weighted by Gasteiger charge is 2.25. The van der Waals surface area contributed by atoms with Crippen molar-refractivity contribution in [2.75, 3.05) is 18.5 Å². The number of hydrogen-bond acceptors (Lipinski definition) is 3. The standard InChI is InChI=1S/C12H19N3O/c16-6-5-9-7-13-12-14-10-3-1-2-4-11(10)15(12)8-9/h9,16H,1-8H2,(H,13,14). The van der Waals surface area contributed by atoms with E-state index in [1.807, 2.05) is 0 Å². The van der Waals surface area contributed by atoms with E-state index in [0.717, 1.165) is 31.9 Å². The normalized spacial score (nSPS) is 23.4. The van der Waals surface area contributed by atoms with Gasteiger partial charge in [-0.3, -0.25) is 0 Å². The number of hydrogen-bond donors (Lipinski definition) is 2. The van der Waals surface area contributed by atoms with Gasteiger partial charge in [-0.25, -0.2) is 4.98 Å². The van der Waals surface area contributed by atoms with Gasteiger partial charge < -0.3 is 15.0 Å². The highest BCUT2D eigenvalue weighted by atomic mass is 16.3. The molecule has 1 aromatic heterocycles. The van der Waals surface area contributed by atoms with Gasteiger partial charge in [-0.05, 0) is 38.0 Å². The fraction of sp³-hybridized carbons (Fsp3) is 0.750. The Morgan fingerprint density at radius 2 is 2.25 bits per heavy atom. The summed E-state index contributed by atoms with van der Waals surface area (Å²) in [4.78, 5) is 4.68. The van der Waals surface area contributed by atoms with Crippen molar-refractivity contribution in [2.45, 2.75) is 38.6 Å². The summed E-state index contributed by atoms with van der Waals surface area (Å²) in [5.41, 5.74) is 2.75. The van der Waals surface area contributed by atoms with E-state index in [9.17, 15) is 0 Å². The van der Waals surface area contributed by atoms with E-state index in [0.29, 0.717) is 12.5 Å². The number of fused-ring (bicyclic) bond motifs is 3. The molecular formula is C12H19N3O. The molecule has 2 N–H and O–H groups in total. The maximum absolute atomic E-state index is 9.00. The number of aliphatic hydroxyl groups is 1. The fourth-order valence-corrected chi connectivity index (χ4v) is 2.87. The van der Waals surface area contributed by atoms with Crippen LogP contribution in [0.5, 0.6) is 0 Å². The summed E-state index contributed by atoms with van der Waals surface area (Å²) in [7, 11) is 0. The average molecular weight is 221 g/mol. The van der Waals surface area contributed by atoms with Crippen molar-refractivity contribution >= 4 is 5.95 Å². The summed E-state index contributed by atoms with van der Waals surface area (Å²) in [6.07, 6.45) is 5.78. The summed E-state index contributed by atoms with van der Waals surface area (Å²) in [6.45, 7) is 2.28. The molecule has 0 radical (unpaired) electrons. The number of anilines is 1. The van der Waals surface area contributed by atoms with Crippen LogP contribution in [0.3, 0.4) is 0 Å². The predicted octanol–water partition coefficient (Wildman–Crippen LogP) is 1.19. The van der Waals surface area contributed by atoms with Crippen molar-refractivity contribution in [3.05, 3.63) is 11.4 Å². The van der Waals surface area contributed by atoms with E-state index in [1.165, 1.54) is 30.7 Å². The molecule has 0 saturated carbocycles. The van der Waals surface area contributed by atoms with Gasteiger partial charge in [0.1, 0.15) is 0 Å². The lowest BCUT2D eigenvalue weighted by Crippen LogP contribution is -2.29. The van der Waals surface area contributed by atoms with Crippen molar-refractivity contribution in [2.24, 2.45) is 5.92 Å². The lowest BCUT2D eigenvalue weighted by atomic mass is 10.00. The van der Waals surface area contributed by atoms with Crippen molar-refractivity contribution in [3.8, 4) is 0 Å². The molecule has 16 heavy (non-hydrogen) atoms. The first kappa shape index (κ1) is 10.1. The Bertz CT molecular complexity index is 386. The third-order valence-corrected chi connectivity index (χ3v) is 3.76. The van der Waals surface area contributed by atoms with E-state index in [1.54, 1.807) is 0 Å². The van der Waals surface area contributed by atoms with E-state index in [4.69, 9.17) is 5.11 Å². The van der Waals surface area contributed by atoms with Crippen LogP contribution in [0.4, 0.5) is 5.95 Å². The van der Waals surface area contributed by atoms with Gasteiger partial charge in [0.15, 0.2) is 0 Å². The predicted molar refractivity (Wildman–Crippen MR) is 62.6 cm³/mol. The zero-order chi connectivity index (χ0) is 11.0. The van der Waals surface area contributed by atoms with E-state index in [2.05, 4.69) is 14.9 Å². The Labute approximate surface area is 95.7 Å². The molecule has 0 aromatic carbocycles. The van der Waals surface area contributed by atoms with E-state index < -0.39 is 0 Å². The van der Waals surface area contributed by atoms with Crippen LogP contribution in [0, 0.1) is 5.92 Å². The number of aliphatic hydroxyl groups excluding tert-OH is 1. The van der Waals surface area contributed by atoms with Gasteiger partial charge in [0.2, 0.25) is 5.95 Å². The third-order valence-electron chi connectivity index (χ3n) is 3.76. The fourth-order valence-electron chi connectivity index (χ4n) is 2.87. The minimum Gasteiger partial charge on any atom is -0.396 e. The maximum atomic E-state index is 9.00. The SMILES string of the molecule is OCCC1CNc2nc3c(n2C1)CCCC3. The van der Waals surface area contributed by atoms with Crippen LogP contribution in [0.15, 0.2) is 0 Å². The smallest absolute Gasteiger partial charge is 0.203 e. The van der Waals surface area contributed by atoms with E-state index in [-0.39, 0.29) is 0 Å². The van der Waals surface area contributed by atoms with Gasteiger partial charge in [0.05, 0.1) is 5.69 Å². The Morgan fingerprint density at radius 1 is 1.38 bits per heavy atom. The summed E-state index contributed by atoms with van der Waals surface area (Å²) in [5.74, 6) is 1.61. The number of nitrogens with zero attached hydrogens (tertiary/aromatic N) is 2. The number of nitrogens with one attached hydrogen (secondary N) is 1. The van der Waals surface area contributed by atoms with Crippen molar-refractivity contribution < 1.29 is 5.11 Å². The summed E-state index contributed by atoms with van der Waals surface area (Å²) in [5, 5.41) is 12.4. The Hall–Kier alpha value is -1.03. The molecule has 2 aliphatic rings. The molecule has 88 valence electrons. The third kappa shape index (κ3) is 1.61. The minimum atomic E-state index is 0.290. The van der Waals surface area contributed by atoms with Crippen molar-refractivity contribution in [3.63, 3.8) is 0 Å². The largest absolute Gasteiger partial charge is 0.396 e. The van der Waals surface area contributed by atoms with Gasteiger partial charge in [0, 0.05) is 25.4 Å². The Morgan fingerprint density at radius 3 is 3.12 bits per heavy atom. The molecule has 0 amide bonds. The number of aryl methyl sites for hydroxylation is 1. The van der Waals surface area contributed by atoms with Crippen LogP contribution in [0.1, 0.15) is 30.7 Å². The molecule has 1 aliphatic heterocycles. The van der Waals surface area contributed by atoms with Crippen LogP contribution >= 0.6 is 0 Å². The zero-order valence-electron chi connectivity index (χ0n) is 9.58. The van der Waals surface area contributed by atoms with Crippen LogP contribution < -0.4 is 5.32 Å². The number of rotatable bonds is 2. The molecule has 0 fully saturated rings. The van der Waals surface area contributed by atoms with Crippen molar-refractivity contribution in [1.82, 2.24) is 9.55 Å². The molecule has 3 rings (SSSR count). The van der Waals surface area contributed by atoms with Crippen LogP contribution in [-0.2, 0) is 19.4 Å². The molecule has 0 saturated heterocycles. The molecule has 0 bridgehead atoms. The molecule has 4 heteroatoms. The Balaban J connectivity index is 1.88. The second-order valence-electron chi connectivity index (χ2n) is 4.91. The number of imidazole rings is 1. The van der Waals surface area contributed by atoms with Gasteiger partial charge in [-0.15, -0.1) is 0 Å². The lowest BCUT2D eigenvalue weighted by molar-refractivity contribution is 0.247. The van der Waals surface area contributed by atoms with Crippen molar-refractivity contribution in [1.29, 1.82) is 0 Å². The second-order valence-corrected chi connectivity index (χ2v) is 4.91. The summed E-state index contributed by atoms with van der Waals surface area (Å²) < 4.78 is 2.35. The monoisotopic (exact) mass is 221 g/mol. The molecule has 4 nitrogen and oxygen atoms in total.